The van der Waals surface area contributed by atoms with Gasteiger partial charge < -0.3 is 10.3 Å². The molecule has 0 atom stereocenters. The van der Waals surface area contributed by atoms with Crippen molar-refractivity contribution in [3.63, 3.8) is 0 Å². The van der Waals surface area contributed by atoms with Crippen molar-refractivity contribution in [3.05, 3.63) is 11.4 Å². The number of nitrogen functional groups attached to an aromatic ring is 1. The van der Waals surface area contributed by atoms with Gasteiger partial charge in [0.15, 0.2) is 0 Å². The maximum absolute atomic E-state index is 5.41. The molecule has 0 unspecified atom stereocenters. The normalized spacial score (nSPS) is 10.9. The van der Waals surface area contributed by atoms with Crippen LogP contribution >= 0.6 is 11.8 Å². The van der Waals surface area contributed by atoms with Gasteiger partial charge in [0.05, 0.1) is 0 Å². The van der Waals surface area contributed by atoms with Crippen LogP contribution in [0.5, 0.6) is 0 Å². The van der Waals surface area contributed by atoms with Gasteiger partial charge in [0.1, 0.15) is 16.7 Å². The first kappa shape index (κ1) is 13.2. The minimum atomic E-state index is 0.708. The molecule has 0 aliphatic carbocycles. The number of hydrogen-bond donors (Lipinski definition) is 2. The van der Waals surface area contributed by atoms with Gasteiger partial charge in [-0.25, -0.2) is 15.8 Å². The molecule has 5 nitrogen and oxygen atoms in total. The summed E-state index contributed by atoms with van der Waals surface area (Å²) in [6.45, 7) is 4.88. The van der Waals surface area contributed by atoms with Gasteiger partial charge in [-0.15, -0.1) is 11.8 Å². The molecule has 90 valence electrons. The molecule has 0 radical (unpaired) electrons. The number of nitrogens with one attached hydrogen (secondary N) is 1. The summed E-state index contributed by atoms with van der Waals surface area (Å²) < 4.78 is 0. The largest absolute Gasteiger partial charge is 0.309 e. The number of hydrazine groups is 1. The molecule has 0 fully saturated rings. The van der Waals surface area contributed by atoms with Crippen molar-refractivity contribution in [1.82, 2.24) is 14.9 Å². The molecule has 1 aromatic rings. The number of nitrogens with zero attached hydrogens (tertiary/aromatic N) is 3. The zero-order valence-electron chi connectivity index (χ0n) is 10.2. The molecule has 0 amide bonds. The minimum Gasteiger partial charge on any atom is -0.309 e. The van der Waals surface area contributed by atoms with Crippen molar-refractivity contribution in [2.75, 3.05) is 31.8 Å². The molecule has 0 aromatic carbocycles. The van der Waals surface area contributed by atoms with Crippen molar-refractivity contribution in [1.29, 1.82) is 0 Å². The van der Waals surface area contributed by atoms with Gasteiger partial charge in [-0.3, -0.25) is 0 Å². The Morgan fingerprint density at radius 2 is 2.00 bits per heavy atom. The topological polar surface area (TPSA) is 67.1 Å². The Labute approximate surface area is 101 Å². The van der Waals surface area contributed by atoms with Gasteiger partial charge in [-0.05, 0) is 27.9 Å². The molecule has 0 aliphatic heterocycles. The van der Waals surface area contributed by atoms with E-state index in [1.807, 2.05) is 13.8 Å². The van der Waals surface area contributed by atoms with E-state index < -0.39 is 0 Å². The lowest BCUT2D eigenvalue weighted by atomic mass is 10.3. The maximum atomic E-state index is 5.41. The average molecular weight is 241 g/mol. The zero-order valence-corrected chi connectivity index (χ0v) is 11.1. The van der Waals surface area contributed by atoms with Gasteiger partial charge in [0.2, 0.25) is 0 Å². The third kappa shape index (κ3) is 3.62. The Morgan fingerprint density at radius 3 is 2.56 bits per heavy atom. The van der Waals surface area contributed by atoms with Gasteiger partial charge in [-0.1, -0.05) is 0 Å². The lowest BCUT2D eigenvalue weighted by molar-refractivity contribution is 0.437. The second-order valence-electron chi connectivity index (χ2n) is 3.85. The molecule has 0 spiro atoms. The molecule has 1 heterocycles. The molecular weight excluding hydrogens is 222 g/mol. The predicted molar refractivity (Wildman–Crippen MR) is 68.6 cm³/mol. The number of nitrogens with two attached hydrogens (primary N) is 1. The quantitative estimate of drug-likeness (QED) is 0.347. The lowest BCUT2D eigenvalue weighted by Crippen LogP contribution is -2.15. The van der Waals surface area contributed by atoms with Crippen molar-refractivity contribution >= 4 is 17.6 Å². The summed E-state index contributed by atoms with van der Waals surface area (Å²) in [5.74, 6) is 7.87. The maximum Gasteiger partial charge on any atom is 0.147 e. The van der Waals surface area contributed by atoms with Crippen LogP contribution in [0.3, 0.4) is 0 Å². The Balaban J connectivity index is 2.75. The van der Waals surface area contributed by atoms with Crippen LogP contribution in [0, 0.1) is 13.8 Å². The average Bonchev–Trinajstić information content (AvgIpc) is 2.22. The number of anilines is 1. The van der Waals surface area contributed by atoms with Gasteiger partial charge in [-0.2, -0.15) is 0 Å². The van der Waals surface area contributed by atoms with Crippen molar-refractivity contribution in [2.24, 2.45) is 5.84 Å². The fourth-order valence-corrected chi connectivity index (χ4v) is 2.37. The molecule has 1 rings (SSSR count). The van der Waals surface area contributed by atoms with Gasteiger partial charge >= 0.3 is 0 Å². The number of rotatable bonds is 5. The number of aromatic nitrogens is 2. The third-order valence-corrected chi connectivity index (χ3v) is 3.18. The van der Waals surface area contributed by atoms with E-state index in [2.05, 4.69) is 34.4 Å². The summed E-state index contributed by atoms with van der Waals surface area (Å²) in [5, 5.41) is 1.00. The first-order chi connectivity index (χ1) is 7.54. The monoisotopic (exact) mass is 241 g/mol. The van der Waals surface area contributed by atoms with Crippen LogP contribution in [0.15, 0.2) is 5.03 Å². The van der Waals surface area contributed by atoms with Gasteiger partial charge in [0.25, 0.3) is 0 Å². The highest BCUT2D eigenvalue weighted by atomic mass is 32.2. The number of hydrogen-bond acceptors (Lipinski definition) is 6. The smallest absolute Gasteiger partial charge is 0.147 e. The second-order valence-corrected chi connectivity index (χ2v) is 4.93. The highest BCUT2D eigenvalue weighted by molar-refractivity contribution is 7.99. The number of aryl methyl sites for hydroxylation is 1. The van der Waals surface area contributed by atoms with Gasteiger partial charge in [0, 0.05) is 17.9 Å². The second kappa shape index (κ2) is 6.03. The summed E-state index contributed by atoms with van der Waals surface area (Å²) in [5.41, 5.74) is 3.61. The lowest BCUT2D eigenvalue weighted by Gasteiger charge is -2.12. The van der Waals surface area contributed by atoms with E-state index in [1.165, 1.54) is 0 Å². The zero-order chi connectivity index (χ0) is 12.1. The molecule has 0 saturated heterocycles. The summed E-state index contributed by atoms with van der Waals surface area (Å²) in [6.07, 6.45) is 0. The fourth-order valence-electron chi connectivity index (χ4n) is 1.21. The van der Waals surface area contributed by atoms with Crippen LogP contribution in [0.4, 0.5) is 5.82 Å². The van der Waals surface area contributed by atoms with E-state index in [4.69, 9.17) is 5.84 Å². The molecule has 1 aromatic heterocycles. The predicted octanol–water partition coefficient (Wildman–Crippen LogP) is 1.03. The SMILES string of the molecule is Cc1nc(NN)c(C)c(SCCN(C)C)n1. The standard InChI is InChI=1S/C10H19N5S/c1-7-9(14-11)12-8(2)13-10(7)16-6-5-15(3)4/h5-6,11H2,1-4H3,(H,12,13,14). The number of thioether (sulfide) groups is 1. The molecule has 3 N–H and O–H groups in total. The molecule has 0 aliphatic rings. The van der Waals surface area contributed by atoms with Crippen molar-refractivity contribution < 1.29 is 0 Å². The molecule has 16 heavy (non-hydrogen) atoms. The summed E-state index contributed by atoms with van der Waals surface area (Å²) in [6, 6.07) is 0. The van der Waals surface area contributed by atoms with E-state index in [9.17, 15) is 0 Å². The van der Waals surface area contributed by atoms with E-state index >= 15 is 0 Å². The first-order valence-corrected chi connectivity index (χ1v) is 6.12. The van der Waals surface area contributed by atoms with Crippen LogP contribution < -0.4 is 11.3 Å². The van der Waals surface area contributed by atoms with E-state index in [1.54, 1.807) is 11.8 Å². The van der Waals surface area contributed by atoms with Crippen LogP contribution in [-0.2, 0) is 0 Å². The fraction of sp³-hybridized carbons (Fsp3) is 0.600. The molecule has 0 saturated carbocycles. The minimum absolute atomic E-state index is 0.708. The summed E-state index contributed by atoms with van der Waals surface area (Å²) >= 11 is 1.73. The van der Waals surface area contributed by atoms with E-state index in [0.29, 0.717) is 5.82 Å². The van der Waals surface area contributed by atoms with E-state index in [0.717, 1.165) is 28.7 Å². The first-order valence-electron chi connectivity index (χ1n) is 5.14. The van der Waals surface area contributed by atoms with Crippen LogP contribution in [-0.4, -0.2) is 41.3 Å². The summed E-state index contributed by atoms with van der Waals surface area (Å²) in [7, 11) is 4.12. The van der Waals surface area contributed by atoms with Crippen LogP contribution in [0.2, 0.25) is 0 Å². The molecule has 6 heteroatoms. The Bertz CT molecular complexity index is 353. The van der Waals surface area contributed by atoms with E-state index in [-0.39, 0.29) is 0 Å². The Morgan fingerprint density at radius 1 is 1.31 bits per heavy atom. The molecular formula is C10H19N5S. The highest BCUT2D eigenvalue weighted by Gasteiger charge is 2.08. The van der Waals surface area contributed by atoms with Crippen molar-refractivity contribution in [2.45, 2.75) is 18.9 Å². The van der Waals surface area contributed by atoms with Crippen LogP contribution in [0.1, 0.15) is 11.4 Å². The Hall–Kier alpha value is -0.850. The third-order valence-electron chi connectivity index (χ3n) is 2.13. The Kier molecular flexibility index (Phi) is 4.98. The molecule has 0 bridgehead atoms. The highest BCUT2D eigenvalue weighted by Crippen LogP contribution is 2.24. The van der Waals surface area contributed by atoms with Crippen LogP contribution in [0.25, 0.3) is 0 Å². The van der Waals surface area contributed by atoms with Crippen molar-refractivity contribution in [3.8, 4) is 0 Å². The summed E-state index contributed by atoms with van der Waals surface area (Å²) in [4.78, 5) is 10.8.